The molecule has 0 bridgehead atoms. The van der Waals surface area contributed by atoms with Gasteiger partial charge >= 0.3 is 0 Å². The van der Waals surface area contributed by atoms with Gasteiger partial charge in [0.15, 0.2) is 0 Å². The van der Waals surface area contributed by atoms with Gasteiger partial charge in [-0.15, -0.1) is 0 Å². The smallest absolute Gasteiger partial charge is 0.123 e. The Bertz CT molecular complexity index is 616. The highest BCUT2D eigenvalue weighted by Crippen LogP contribution is 2.29. The first kappa shape index (κ1) is 17.1. The SMILES string of the molecule is CC(C)C(c1ccccc1)N1CCN(Cc2ccc(F)cc2)CC1. The molecular formula is C21H27FN2. The molecule has 0 N–H and O–H groups in total. The Labute approximate surface area is 144 Å². The van der Waals surface area contributed by atoms with Crippen LogP contribution in [-0.4, -0.2) is 36.0 Å². The molecule has 0 aliphatic carbocycles. The quantitative estimate of drug-likeness (QED) is 0.806. The number of halogens is 1. The molecule has 0 radical (unpaired) electrons. The van der Waals surface area contributed by atoms with Gasteiger partial charge < -0.3 is 0 Å². The van der Waals surface area contributed by atoms with E-state index in [-0.39, 0.29) is 5.82 Å². The first-order valence-electron chi connectivity index (χ1n) is 8.89. The summed E-state index contributed by atoms with van der Waals surface area (Å²) >= 11 is 0. The molecule has 2 aromatic carbocycles. The Hall–Kier alpha value is -1.71. The molecule has 1 fully saturated rings. The van der Waals surface area contributed by atoms with Crippen molar-refractivity contribution in [2.75, 3.05) is 26.2 Å². The van der Waals surface area contributed by atoms with Gasteiger partial charge in [0, 0.05) is 38.8 Å². The minimum absolute atomic E-state index is 0.161. The van der Waals surface area contributed by atoms with Gasteiger partial charge in [0.05, 0.1) is 0 Å². The first-order chi connectivity index (χ1) is 11.6. The van der Waals surface area contributed by atoms with Crippen molar-refractivity contribution in [2.24, 2.45) is 5.92 Å². The molecule has 0 spiro atoms. The molecule has 0 saturated carbocycles. The highest BCUT2D eigenvalue weighted by Gasteiger charge is 2.27. The molecule has 1 unspecified atom stereocenters. The van der Waals surface area contributed by atoms with E-state index in [2.05, 4.69) is 54.0 Å². The van der Waals surface area contributed by atoms with Gasteiger partial charge in [-0.3, -0.25) is 9.80 Å². The van der Waals surface area contributed by atoms with E-state index in [9.17, 15) is 4.39 Å². The molecule has 1 aliphatic heterocycles. The number of piperazine rings is 1. The Morgan fingerprint density at radius 1 is 0.875 bits per heavy atom. The van der Waals surface area contributed by atoms with Crippen LogP contribution in [0.1, 0.15) is 31.0 Å². The summed E-state index contributed by atoms with van der Waals surface area (Å²) in [5, 5.41) is 0. The van der Waals surface area contributed by atoms with E-state index < -0.39 is 0 Å². The van der Waals surface area contributed by atoms with Crippen molar-refractivity contribution in [3.05, 3.63) is 71.5 Å². The van der Waals surface area contributed by atoms with Crippen LogP contribution in [0.25, 0.3) is 0 Å². The van der Waals surface area contributed by atoms with Crippen molar-refractivity contribution in [3.63, 3.8) is 0 Å². The lowest BCUT2D eigenvalue weighted by Crippen LogP contribution is -2.48. The van der Waals surface area contributed by atoms with Crippen LogP contribution in [0.5, 0.6) is 0 Å². The topological polar surface area (TPSA) is 6.48 Å². The molecule has 1 aliphatic rings. The van der Waals surface area contributed by atoms with Crippen LogP contribution < -0.4 is 0 Å². The molecular weight excluding hydrogens is 299 g/mol. The fourth-order valence-corrected chi connectivity index (χ4v) is 3.72. The number of hydrogen-bond acceptors (Lipinski definition) is 2. The zero-order valence-corrected chi connectivity index (χ0v) is 14.7. The van der Waals surface area contributed by atoms with Gasteiger partial charge in [-0.2, -0.15) is 0 Å². The van der Waals surface area contributed by atoms with Crippen molar-refractivity contribution in [1.29, 1.82) is 0 Å². The van der Waals surface area contributed by atoms with E-state index in [1.165, 1.54) is 11.1 Å². The van der Waals surface area contributed by atoms with Crippen molar-refractivity contribution in [2.45, 2.75) is 26.4 Å². The summed E-state index contributed by atoms with van der Waals surface area (Å²) in [5.74, 6) is 0.433. The highest BCUT2D eigenvalue weighted by molar-refractivity contribution is 5.20. The standard InChI is InChI=1S/C21H27FN2/c1-17(2)21(19-6-4-3-5-7-19)24-14-12-23(13-15-24)16-18-8-10-20(22)11-9-18/h3-11,17,21H,12-16H2,1-2H3. The lowest BCUT2D eigenvalue weighted by Gasteiger charge is -2.41. The van der Waals surface area contributed by atoms with Crippen molar-refractivity contribution in [3.8, 4) is 0 Å². The molecule has 3 rings (SSSR count). The second-order valence-corrected chi connectivity index (χ2v) is 7.04. The third-order valence-corrected chi connectivity index (χ3v) is 4.89. The average molecular weight is 326 g/mol. The van der Waals surface area contributed by atoms with Crippen molar-refractivity contribution in [1.82, 2.24) is 9.80 Å². The molecule has 0 aromatic heterocycles. The van der Waals surface area contributed by atoms with Crippen LogP contribution in [0.4, 0.5) is 4.39 Å². The zero-order chi connectivity index (χ0) is 16.9. The number of benzene rings is 2. The molecule has 1 saturated heterocycles. The van der Waals surface area contributed by atoms with E-state index in [0.29, 0.717) is 12.0 Å². The summed E-state index contributed by atoms with van der Waals surface area (Å²) in [6, 6.07) is 18.2. The van der Waals surface area contributed by atoms with Gasteiger partial charge in [-0.05, 0) is 29.2 Å². The van der Waals surface area contributed by atoms with Crippen LogP contribution in [0.2, 0.25) is 0 Å². The summed E-state index contributed by atoms with van der Waals surface area (Å²) in [6.45, 7) is 9.82. The largest absolute Gasteiger partial charge is 0.297 e. The second-order valence-electron chi connectivity index (χ2n) is 7.04. The van der Waals surface area contributed by atoms with Crippen molar-refractivity contribution < 1.29 is 4.39 Å². The predicted octanol–water partition coefficient (Wildman–Crippen LogP) is 4.34. The van der Waals surface area contributed by atoms with Crippen LogP contribution in [0.15, 0.2) is 54.6 Å². The lowest BCUT2D eigenvalue weighted by molar-refractivity contribution is 0.0723. The monoisotopic (exact) mass is 326 g/mol. The average Bonchev–Trinajstić information content (AvgIpc) is 2.59. The lowest BCUT2D eigenvalue weighted by atomic mass is 9.94. The summed E-state index contributed by atoms with van der Waals surface area (Å²) in [5.41, 5.74) is 2.60. The minimum atomic E-state index is -0.161. The highest BCUT2D eigenvalue weighted by atomic mass is 19.1. The van der Waals surface area contributed by atoms with Gasteiger partial charge in [0.2, 0.25) is 0 Å². The van der Waals surface area contributed by atoms with Crippen LogP contribution in [0, 0.1) is 11.7 Å². The van der Waals surface area contributed by atoms with Crippen LogP contribution >= 0.6 is 0 Å². The van der Waals surface area contributed by atoms with Crippen molar-refractivity contribution >= 4 is 0 Å². The Balaban J connectivity index is 1.60. The maximum absolute atomic E-state index is 13.0. The normalized spacial score (nSPS) is 18.0. The zero-order valence-electron chi connectivity index (χ0n) is 14.7. The molecule has 3 heteroatoms. The number of hydrogen-bond donors (Lipinski definition) is 0. The molecule has 2 nitrogen and oxygen atoms in total. The summed E-state index contributed by atoms with van der Waals surface area (Å²) in [6.07, 6.45) is 0. The fourth-order valence-electron chi connectivity index (χ4n) is 3.72. The van der Waals surface area contributed by atoms with E-state index >= 15 is 0 Å². The molecule has 128 valence electrons. The minimum Gasteiger partial charge on any atom is -0.297 e. The molecule has 1 heterocycles. The Morgan fingerprint density at radius 2 is 1.50 bits per heavy atom. The van der Waals surface area contributed by atoms with Gasteiger partial charge in [0.1, 0.15) is 5.82 Å². The molecule has 2 aromatic rings. The van der Waals surface area contributed by atoms with Crippen LogP contribution in [-0.2, 0) is 6.54 Å². The molecule has 1 atom stereocenters. The third kappa shape index (κ3) is 4.22. The summed E-state index contributed by atoms with van der Waals surface area (Å²) in [7, 11) is 0. The number of rotatable bonds is 5. The van der Waals surface area contributed by atoms with E-state index in [4.69, 9.17) is 0 Å². The fraction of sp³-hybridized carbons (Fsp3) is 0.429. The molecule has 24 heavy (non-hydrogen) atoms. The van der Waals surface area contributed by atoms with E-state index in [0.717, 1.165) is 32.7 Å². The maximum Gasteiger partial charge on any atom is 0.123 e. The van der Waals surface area contributed by atoms with Gasteiger partial charge in [-0.1, -0.05) is 56.3 Å². The summed E-state index contributed by atoms with van der Waals surface area (Å²) in [4.78, 5) is 5.08. The third-order valence-electron chi connectivity index (χ3n) is 4.89. The summed E-state index contributed by atoms with van der Waals surface area (Å²) < 4.78 is 13.0. The Morgan fingerprint density at radius 3 is 2.08 bits per heavy atom. The van der Waals surface area contributed by atoms with Gasteiger partial charge in [-0.25, -0.2) is 4.39 Å². The van der Waals surface area contributed by atoms with Crippen LogP contribution in [0.3, 0.4) is 0 Å². The van der Waals surface area contributed by atoms with E-state index in [1.807, 2.05) is 12.1 Å². The van der Waals surface area contributed by atoms with Gasteiger partial charge in [0.25, 0.3) is 0 Å². The number of nitrogens with zero attached hydrogens (tertiary/aromatic N) is 2. The predicted molar refractivity (Wildman–Crippen MR) is 97.3 cm³/mol. The molecule has 0 amide bonds. The second kappa shape index (κ2) is 7.91. The Kier molecular flexibility index (Phi) is 5.64. The first-order valence-corrected chi connectivity index (χ1v) is 8.89. The maximum atomic E-state index is 13.0. The van der Waals surface area contributed by atoms with E-state index in [1.54, 1.807) is 12.1 Å².